The van der Waals surface area contributed by atoms with Crippen molar-refractivity contribution in [2.24, 2.45) is 11.8 Å². The summed E-state index contributed by atoms with van der Waals surface area (Å²) in [4.78, 5) is 23.9. The van der Waals surface area contributed by atoms with Crippen LogP contribution in [0.2, 0.25) is 0 Å². The average Bonchev–Trinajstić information content (AvgIpc) is 2.75. The quantitative estimate of drug-likeness (QED) is 0.382. The van der Waals surface area contributed by atoms with E-state index in [0.717, 1.165) is 19.3 Å². The minimum atomic E-state index is -0.354. The Labute approximate surface area is 128 Å². The highest BCUT2D eigenvalue weighted by Crippen LogP contribution is 2.31. The Hall–Kier alpha value is -1.32. The van der Waals surface area contributed by atoms with Gasteiger partial charge in [0, 0.05) is 6.54 Å². The molecular weight excluding hydrogens is 266 g/mol. The van der Waals surface area contributed by atoms with Crippen molar-refractivity contribution in [2.75, 3.05) is 6.54 Å². The van der Waals surface area contributed by atoms with Gasteiger partial charge in [0.05, 0.1) is 11.8 Å². The van der Waals surface area contributed by atoms with Crippen LogP contribution in [-0.2, 0) is 14.3 Å². The van der Waals surface area contributed by atoms with Gasteiger partial charge in [-0.05, 0) is 12.8 Å². The fourth-order valence-corrected chi connectivity index (χ4v) is 2.85. The van der Waals surface area contributed by atoms with Crippen LogP contribution in [0.5, 0.6) is 0 Å². The van der Waals surface area contributed by atoms with Gasteiger partial charge in [-0.25, -0.2) is 0 Å². The van der Waals surface area contributed by atoms with Crippen LogP contribution in [0.3, 0.4) is 0 Å². The molecule has 21 heavy (non-hydrogen) atoms. The normalized spacial score (nSPS) is 24.7. The van der Waals surface area contributed by atoms with Crippen molar-refractivity contribution in [1.29, 1.82) is 0 Å². The summed E-state index contributed by atoms with van der Waals surface area (Å²) in [6.07, 6.45) is 9.33. The number of hydrogen-bond donors (Lipinski definition) is 1. The van der Waals surface area contributed by atoms with E-state index < -0.39 is 0 Å². The maximum Gasteiger partial charge on any atom is 0.309 e. The van der Waals surface area contributed by atoms with Gasteiger partial charge in [0.25, 0.3) is 0 Å². The van der Waals surface area contributed by atoms with E-state index in [1.807, 2.05) is 0 Å². The summed E-state index contributed by atoms with van der Waals surface area (Å²) in [5.41, 5.74) is 0. The van der Waals surface area contributed by atoms with E-state index in [9.17, 15) is 9.59 Å². The lowest BCUT2D eigenvalue weighted by Gasteiger charge is -2.18. The second-order valence-electron chi connectivity index (χ2n) is 5.88. The smallest absolute Gasteiger partial charge is 0.309 e. The Kier molecular flexibility index (Phi) is 8.09. The predicted molar refractivity (Wildman–Crippen MR) is 83.7 cm³/mol. The number of rotatable bonds is 10. The molecule has 1 aliphatic heterocycles. The van der Waals surface area contributed by atoms with E-state index in [1.54, 1.807) is 13.0 Å². The Morgan fingerprint density at radius 3 is 2.62 bits per heavy atom. The monoisotopic (exact) mass is 295 g/mol. The van der Waals surface area contributed by atoms with Crippen LogP contribution in [0, 0.1) is 11.8 Å². The van der Waals surface area contributed by atoms with Crippen LogP contribution in [0.4, 0.5) is 0 Å². The maximum absolute atomic E-state index is 12.2. The highest BCUT2D eigenvalue weighted by atomic mass is 16.6. The largest absolute Gasteiger partial charge is 0.461 e. The summed E-state index contributed by atoms with van der Waals surface area (Å²) < 4.78 is 5.39. The molecule has 1 saturated heterocycles. The molecule has 1 heterocycles. The first-order chi connectivity index (χ1) is 10.1. The molecule has 1 aliphatic rings. The van der Waals surface area contributed by atoms with Crippen molar-refractivity contribution in [2.45, 2.75) is 64.9 Å². The molecule has 4 nitrogen and oxygen atoms in total. The summed E-state index contributed by atoms with van der Waals surface area (Å²) in [6.45, 7) is 7.99. The molecule has 3 unspecified atom stereocenters. The van der Waals surface area contributed by atoms with Gasteiger partial charge in [0.1, 0.15) is 6.10 Å². The third kappa shape index (κ3) is 5.52. The molecule has 4 heteroatoms. The Bertz CT molecular complexity index is 354. The van der Waals surface area contributed by atoms with E-state index in [2.05, 4.69) is 18.8 Å². The first-order valence-electron chi connectivity index (χ1n) is 8.20. The van der Waals surface area contributed by atoms with Crippen molar-refractivity contribution >= 4 is 11.9 Å². The number of amides is 1. The van der Waals surface area contributed by atoms with Crippen LogP contribution < -0.4 is 5.32 Å². The highest BCUT2D eigenvalue weighted by molar-refractivity contribution is 5.88. The van der Waals surface area contributed by atoms with Gasteiger partial charge in [-0.3, -0.25) is 9.59 Å². The van der Waals surface area contributed by atoms with Crippen LogP contribution in [0.1, 0.15) is 58.8 Å². The summed E-state index contributed by atoms with van der Waals surface area (Å²) in [5, 5.41) is 2.78. The minimum Gasteiger partial charge on any atom is -0.461 e. The molecule has 0 aromatic rings. The number of unbranched alkanes of at least 4 members (excludes halogenated alkanes) is 5. The number of ether oxygens (including phenoxy) is 1. The van der Waals surface area contributed by atoms with Crippen LogP contribution >= 0.6 is 0 Å². The number of cyclic esters (lactones) is 1. The first-order valence-corrected chi connectivity index (χ1v) is 8.20. The zero-order chi connectivity index (χ0) is 15.7. The molecule has 0 aliphatic carbocycles. The fraction of sp³-hybridized carbons (Fsp3) is 0.765. The summed E-state index contributed by atoms with van der Waals surface area (Å²) in [5.74, 6) is -1.04. The van der Waals surface area contributed by atoms with Gasteiger partial charge < -0.3 is 10.1 Å². The summed E-state index contributed by atoms with van der Waals surface area (Å²) in [7, 11) is 0. The van der Waals surface area contributed by atoms with E-state index >= 15 is 0 Å². The number of carbonyl (C=O) groups excluding carboxylic acids is 2. The standard InChI is InChI=1S/C17H29NO3/c1-4-6-7-8-9-10-11-14-15(13(3)17(20)21-14)16(19)18-12-5-2/h5,13-15H,2,4,6-12H2,1,3H3,(H,18,19). The lowest BCUT2D eigenvalue weighted by molar-refractivity contribution is -0.144. The second kappa shape index (κ2) is 9.59. The molecule has 0 saturated carbocycles. The first kappa shape index (κ1) is 17.7. The van der Waals surface area contributed by atoms with Crippen LogP contribution in [-0.4, -0.2) is 24.5 Å². The van der Waals surface area contributed by atoms with E-state index in [-0.39, 0.29) is 29.8 Å². The van der Waals surface area contributed by atoms with Crippen LogP contribution in [0.25, 0.3) is 0 Å². The molecule has 0 radical (unpaired) electrons. The van der Waals surface area contributed by atoms with Gasteiger partial charge in [0.2, 0.25) is 5.91 Å². The molecule has 0 spiro atoms. The molecule has 1 N–H and O–H groups in total. The lowest BCUT2D eigenvalue weighted by atomic mass is 9.88. The molecule has 0 bridgehead atoms. The van der Waals surface area contributed by atoms with Crippen molar-refractivity contribution in [1.82, 2.24) is 5.32 Å². The maximum atomic E-state index is 12.2. The van der Waals surface area contributed by atoms with E-state index in [0.29, 0.717) is 6.54 Å². The van der Waals surface area contributed by atoms with Crippen molar-refractivity contribution in [3.05, 3.63) is 12.7 Å². The number of carbonyl (C=O) groups is 2. The molecule has 1 rings (SSSR count). The zero-order valence-electron chi connectivity index (χ0n) is 13.4. The Balaban J connectivity index is 2.40. The Morgan fingerprint density at radius 1 is 1.29 bits per heavy atom. The molecule has 1 amide bonds. The summed E-state index contributed by atoms with van der Waals surface area (Å²) in [6, 6.07) is 0. The summed E-state index contributed by atoms with van der Waals surface area (Å²) >= 11 is 0. The highest BCUT2D eigenvalue weighted by Gasteiger charge is 2.45. The van der Waals surface area contributed by atoms with Crippen LogP contribution in [0.15, 0.2) is 12.7 Å². The predicted octanol–water partition coefficient (Wildman–Crippen LogP) is 3.22. The second-order valence-corrected chi connectivity index (χ2v) is 5.88. The van der Waals surface area contributed by atoms with Crippen molar-refractivity contribution < 1.29 is 14.3 Å². The molecule has 0 aromatic carbocycles. The van der Waals surface area contributed by atoms with Crippen molar-refractivity contribution in [3.8, 4) is 0 Å². The van der Waals surface area contributed by atoms with Crippen molar-refractivity contribution in [3.63, 3.8) is 0 Å². The number of hydrogen-bond acceptors (Lipinski definition) is 3. The average molecular weight is 295 g/mol. The topological polar surface area (TPSA) is 55.4 Å². The molecule has 3 atom stereocenters. The number of nitrogens with one attached hydrogen (secondary N) is 1. The zero-order valence-corrected chi connectivity index (χ0v) is 13.4. The molecule has 120 valence electrons. The van der Waals surface area contributed by atoms with Gasteiger partial charge in [0.15, 0.2) is 0 Å². The molecule has 0 aromatic heterocycles. The minimum absolute atomic E-state index is 0.0933. The van der Waals surface area contributed by atoms with Gasteiger partial charge in [-0.15, -0.1) is 6.58 Å². The van der Waals surface area contributed by atoms with Gasteiger partial charge in [-0.2, -0.15) is 0 Å². The molecular formula is C17H29NO3. The van der Waals surface area contributed by atoms with Gasteiger partial charge >= 0.3 is 5.97 Å². The fourth-order valence-electron chi connectivity index (χ4n) is 2.85. The third-order valence-corrected chi connectivity index (χ3v) is 4.14. The van der Waals surface area contributed by atoms with E-state index in [4.69, 9.17) is 4.74 Å². The van der Waals surface area contributed by atoms with E-state index in [1.165, 1.54) is 25.7 Å². The number of esters is 1. The SMILES string of the molecule is C=CCNC(=O)C1C(CCCCCCCC)OC(=O)C1C. The lowest BCUT2D eigenvalue weighted by Crippen LogP contribution is -2.38. The Morgan fingerprint density at radius 2 is 1.95 bits per heavy atom. The molecule has 1 fully saturated rings. The van der Waals surface area contributed by atoms with Gasteiger partial charge in [-0.1, -0.05) is 52.0 Å². The third-order valence-electron chi connectivity index (χ3n) is 4.14.